The summed E-state index contributed by atoms with van der Waals surface area (Å²) in [6.07, 6.45) is 0. The number of aryl methyl sites for hydroxylation is 1. The minimum Gasteiger partial charge on any atom is -0.464 e. The summed E-state index contributed by atoms with van der Waals surface area (Å²) in [7, 11) is 5.80. The van der Waals surface area contributed by atoms with Gasteiger partial charge in [-0.15, -0.1) is 0 Å². The first-order valence-corrected chi connectivity index (χ1v) is 6.60. The second-order valence-electron chi connectivity index (χ2n) is 5.09. The van der Waals surface area contributed by atoms with E-state index < -0.39 is 0 Å². The van der Waals surface area contributed by atoms with Gasteiger partial charge < -0.3 is 19.5 Å². The van der Waals surface area contributed by atoms with Gasteiger partial charge in [0.1, 0.15) is 11.5 Å². The molecule has 5 heteroatoms. The molecule has 0 spiro atoms. The highest BCUT2D eigenvalue weighted by Gasteiger charge is 2.20. The largest absolute Gasteiger partial charge is 0.464 e. The van der Waals surface area contributed by atoms with Crippen LogP contribution in [0, 0.1) is 6.92 Å². The number of amides is 1. The topological polar surface area (TPSA) is 48.7 Å². The number of carbonyl (C=O) groups is 1. The Hall–Kier alpha value is -1.33. The van der Waals surface area contributed by atoms with Gasteiger partial charge in [-0.05, 0) is 47.1 Å². The van der Waals surface area contributed by atoms with Gasteiger partial charge in [0.15, 0.2) is 0 Å². The summed E-state index contributed by atoms with van der Waals surface area (Å²) in [6.45, 7) is 5.83. The molecule has 0 saturated carbocycles. The highest BCUT2D eigenvalue weighted by molar-refractivity contribution is 5.81. The molecule has 1 atom stereocenters. The van der Waals surface area contributed by atoms with Crippen LogP contribution in [0.2, 0.25) is 0 Å². The van der Waals surface area contributed by atoms with Gasteiger partial charge >= 0.3 is 0 Å². The van der Waals surface area contributed by atoms with E-state index in [1.165, 1.54) is 0 Å². The van der Waals surface area contributed by atoms with Crippen LogP contribution in [0.4, 0.5) is 0 Å². The van der Waals surface area contributed by atoms with Crippen molar-refractivity contribution in [3.8, 4) is 0 Å². The van der Waals surface area contributed by atoms with Crippen molar-refractivity contribution in [1.29, 1.82) is 0 Å². The monoisotopic (exact) mass is 267 g/mol. The van der Waals surface area contributed by atoms with Crippen molar-refractivity contribution in [2.45, 2.75) is 26.4 Å². The molecule has 0 aromatic carbocycles. The van der Waals surface area contributed by atoms with Crippen LogP contribution in [0.3, 0.4) is 0 Å². The summed E-state index contributed by atoms with van der Waals surface area (Å²) < 4.78 is 5.56. The van der Waals surface area contributed by atoms with Gasteiger partial charge in [-0.1, -0.05) is 0 Å². The predicted molar refractivity (Wildman–Crippen MR) is 75.9 cm³/mol. The van der Waals surface area contributed by atoms with Crippen LogP contribution in [0.25, 0.3) is 0 Å². The zero-order chi connectivity index (χ0) is 14.4. The summed E-state index contributed by atoms with van der Waals surface area (Å²) in [4.78, 5) is 16.2. The number of likely N-dealkylation sites (N-methyl/N-ethyl adjacent to an activating group) is 2. The average molecular weight is 267 g/mol. The molecule has 108 valence electrons. The van der Waals surface area contributed by atoms with E-state index >= 15 is 0 Å². The van der Waals surface area contributed by atoms with Gasteiger partial charge in [0, 0.05) is 13.1 Å². The van der Waals surface area contributed by atoms with Crippen LogP contribution >= 0.6 is 0 Å². The number of nitrogens with one attached hydrogen (secondary N) is 1. The van der Waals surface area contributed by atoms with E-state index in [1.807, 2.05) is 45.0 Å². The maximum atomic E-state index is 12.3. The third-order valence-electron chi connectivity index (χ3n) is 3.07. The van der Waals surface area contributed by atoms with E-state index in [9.17, 15) is 4.79 Å². The molecule has 1 unspecified atom stereocenters. The molecule has 19 heavy (non-hydrogen) atoms. The maximum Gasteiger partial charge on any atom is 0.239 e. The lowest BCUT2D eigenvalue weighted by molar-refractivity contribution is -0.134. The van der Waals surface area contributed by atoms with Crippen molar-refractivity contribution in [1.82, 2.24) is 15.1 Å². The smallest absolute Gasteiger partial charge is 0.239 e. The minimum absolute atomic E-state index is 0.0957. The fourth-order valence-corrected chi connectivity index (χ4v) is 1.74. The third kappa shape index (κ3) is 5.04. The van der Waals surface area contributed by atoms with Crippen LogP contribution in [-0.4, -0.2) is 56.0 Å². The molecule has 0 aliphatic heterocycles. The Morgan fingerprint density at radius 1 is 1.37 bits per heavy atom. The van der Waals surface area contributed by atoms with Gasteiger partial charge in [0.25, 0.3) is 0 Å². The Morgan fingerprint density at radius 3 is 2.53 bits per heavy atom. The third-order valence-corrected chi connectivity index (χ3v) is 3.07. The normalized spacial score (nSPS) is 12.7. The van der Waals surface area contributed by atoms with Crippen molar-refractivity contribution in [2.24, 2.45) is 0 Å². The predicted octanol–water partition coefficient (Wildman–Crippen LogP) is 1.09. The fraction of sp³-hybridized carbons (Fsp3) is 0.643. The van der Waals surface area contributed by atoms with Gasteiger partial charge in [-0.25, -0.2) is 0 Å². The molecule has 1 rings (SSSR count). The van der Waals surface area contributed by atoms with E-state index in [1.54, 1.807) is 7.05 Å². The van der Waals surface area contributed by atoms with Crippen LogP contribution in [0.1, 0.15) is 18.4 Å². The second kappa shape index (κ2) is 7.31. The Labute approximate surface area is 115 Å². The highest BCUT2D eigenvalue weighted by atomic mass is 16.3. The van der Waals surface area contributed by atoms with Crippen molar-refractivity contribution in [3.63, 3.8) is 0 Å². The summed E-state index contributed by atoms with van der Waals surface area (Å²) in [5.41, 5.74) is 0. The van der Waals surface area contributed by atoms with Crippen molar-refractivity contribution < 1.29 is 9.21 Å². The molecule has 0 aliphatic rings. The molecule has 1 aromatic rings. The highest BCUT2D eigenvalue weighted by Crippen LogP contribution is 2.10. The van der Waals surface area contributed by atoms with E-state index in [0.29, 0.717) is 13.1 Å². The van der Waals surface area contributed by atoms with Crippen LogP contribution in [0.5, 0.6) is 0 Å². The zero-order valence-electron chi connectivity index (χ0n) is 12.6. The number of rotatable bonds is 7. The maximum absolute atomic E-state index is 12.3. The van der Waals surface area contributed by atoms with Gasteiger partial charge in [0.05, 0.1) is 12.6 Å². The van der Waals surface area contributed by atoms with E-state index in [2.05, 4.69) is 10.2 Å². The van der Waals surface area contributed by atoms with Crippen LogP contribution in [-0.2, 0) is 11.3 Å². The molecule has 1 aromatic heterocycles. The lowest BCUT2D eigenvalue weighted by atomic mass is 10.2. The summed E-state index contributed by atoms with van der Waals surface area (Å²) in [5, 5.41) is 2.99. The summed E-state index contributed by atoms with van der Waals surface area (Å²) in [6, 6.07) is 3.67. The molecule has 1 N–H and O–H groups in total. The molecule has 1 amide bonds. The number of nitrogens with zero attached hydrogens (tertiary/aromatic N) is 2. The first-order chi connectivity index (χ1) is 8.93. The Bertz CT molecular complexity index is 401. The van der Waals surface area contributed by atoms with Crippen LogP contribution in [0.15, 0.2) is 16.5 Å². The van der Waals surface area contributed by atoms with Crippen molar-refractivity contribution >= 4 is 5.91 Å². The van der Waals surface area contributed by atoms with E-state index in [-0.39, 0.29) is 11.9 Å². The molecule has 0 aliphatic carbocycles. The SMILES string of the molecule is CNC(C)C(=O)N(CCN(C)C)Cc1ccc(C)o1. The fourth-order valence-electron chi connectivity index (χ4n) is 1.74. The quantitative estimate of drug-likeness (QED) is 0.803. The number of furan rings is 1. The first-order valence-electron chi connectivity index (χ1n) is 6.60. The number of hydrogen-bond donors (Lipinski definition) is 1. The first kappa shape index (κ1) is 15.7. The molecule has 0 saturated heterocycles. The molecule has 0 fully saturated rings. The Kier molecular flexibility index (Phi) is 6.05. The van der Waals surface area contributed by atoms with Crippen molar-refractivity contribution in [3.05, 3.63) is 23.7 Å². The average Bonchev–Trinajstić information content (AvgIpc) is 2.77. The van der Waals surface area contributed by atoms with Gasteiger partial charge in [-0.2, -0.15) is 0 Å². The van der Waals surface area contributed by atoms with Crippen LogP contribution < -0.4 is 5.32 Å². The molecular weight excluding hydrogens is 242 g/mol. The van der Waals surface area contributed by atoms with E-state index in [0.717, 1.165) is 18.1 Å². The number of carbonyl (C=O) groups excluding carboxylic acids is 1. The Balaban J connectivity index is 2.70. The summed E-state index contributed by atoms with van der Waals surface area (Å²) >= 11 is 0. The molecule has 5 nitrogen and oxygen atoms in total. The number of hydrogen-bond acceptors (Lipinski definition) is 4. The lowest BCUT2D eigenvalue weighted by Crippen LogP contribution is -2.45. The van der Waals surface area contributed by atoms with Gasteiger partial charge in [0.2, 0.25) is 5.91 Å². The zero-order valence-corrected chi connectivity index (χ0v) is 12.6. The lowest BCUT2D eigenvalue weighted by Gasteiger charge is -2.26. The molecule has 1 heterocycles. The Morgan fingerprint density at radius 2 is 2.05 bits per heavy atom. The molecule has 0 radical (unpaired) electrons. The minimum atomic E-state index is -0.182. The van der Waals surface area contributed by atoms with Crippen molar-refractivity contribution in [2.75, 3.05) is 34.2 Å². The van der Waals surface area contributed by atoms with Gasteiger partial charge in [-0.3, -0.25) is 4.79 Å². The second-order valence-corrected chi connectivity index (χ2v) is 5.09. The molecule has 0 bridgehead atoms. The van der Waals surface area contributed by atoms with E-state index in [4.69, 9.17) is 4.42 Å². The summed E-state index contributed by atoms with van der Waals surface area (Å²) in [5.74, 6) is 1.79. The standard InChI is InChI=1S/C14H25N3O2/c1-11-6-7-13(19-11)10-17(9-8-16(4)5)14(18)12(2)15-3/h6-7,12,15H,8-10H2,1-5H3. The molecular formula is C14H25N3O2.